The van der Waals surface area contributed by atoms with Gasteiger partial charge < -0.3 is 11.1 Å². The summed E-state index contributed by atoms with van der Waals surface area (Å²) in [6.45, 7) is 2.32. The number of carbonyl (C=O) groups is 1. The molecule has 0 aromatic heterocycles. The van der Waals surface area contributed by atoms with Gasteiger partial charge in [0.05, 0.1) is 16.5 Å². The summed E-state index contributed by atoms with van der Waals surface area (Å²) >= 11 is 5.82. The van der Waals surface area contributed by atoms with Crippen LogP contribution in [-0.4, -0.2) is 12.5 Å². The fourth-order valence-electron chi connectivity index (χ4n) is 1.64. The highest BCUT2D eigenvalue weighted by Gasteiger charge is 2.16. The van der Waals surface area contributed by atoms with Crippen molar-refractivity contribution in [1.82, 2.24) is 0 Å². The summed E-state index contributed by atoms with van der Waals surface area (Å²) in [6, 6.07) is 6.78. The second-order valence-corrected chi connectivity index (χ2v) is 4.42. The van der Waals surface area contributed by atoms with Crippen molar-refractivity contribution in [3.05, 3.63) is 28.8 Å². The molecule has 5 heteroatoms. The van der Waals surface area contributed by atoms with Crippen molar-refractivity contribution in [2.45, 2.75) is 19.8 Å². The van der Waals surface area contributed by atoms with Gasteiger partial charge in [0.25, 0.3) is 0 Å². The maximum absolute atomic E-state index is 11.9. The zero-order chi connectivity index (χ0) is 13.5. The number of nitrogens with one attached hydrogen (secondary N) is 1. The van der Waals surface area contributed by atoms with Gasteiger partial charge in [-0.2, -0.15) is 5.26 Å². The average molecular weight is 266 g/mol. The second kappa shape index (κ2) is 7.00. The van der Waals surface area contributed by atoms with Crippen LogP contribution in [0.2, 0.25) is 5.02 Å². The van der Waals surface area contributed by atoms with Crippen LogP contribution in [0.4, 0.5) is 5.69 Å². The molecule has 0 radical (unpaired) electrons. The monoisotopic (exact) mass is 265 g/mol. The quantitative estimate of drug-likeness (QED) is 0.859. The molecule has 0 aliphatic carbocycles. The SMILES string of the molecule is CCCC(CN)C(=O)Nc1ccc(Cl)c(C#N)c1. The second-order valence-electron chi connectivity index (χ2n) is 4.02. The molecular formula is C13H16ClN3O. The topological polar surface area (TPSA) is 78.9 Å². The molecule has 0 aliphatic heterocycles. The fraction of sp³-hybridized carbons (Fsp3) is 0.385. The van der Waals surface area contributed by atoms with Crippen molar-refractivity contribution >= 4 is 23.2 Å². The molecule has 0 saturated carbocycles. The lowest BCUT2D eigenvalue weighted by molar-refractivity contribution is -0.119. The van der Waals surface area contributed by atoms with Gasteiger partial charge in [0.15, 0.2) is 0 Å². The summed E-state index contributed by atoms with van der Waals surface area (Å²) in [5, 5.41) is 12.0. The van der Waals surface area contributed by atoms with E-state index in [9.17, 15) is 4.79 Å². The Hall–Kier alpha value is -1.57. The van der Waals surface area contributed by atoms with Gasteiger partial charge in [0, 0.05) is 12.2 Å². The highest BCUT2D eigenvalue weighted by Crippen LogP contribution is 2.20. The molecule has 18 heavy (non-hydrogen) atoms. The number of nitrogens with two attached hydrogens (primary N) is 1. The summed E-state index contributed by atoms with van der Waals surface area (Å²) in [4.78, 5) is 11.9. The first kappa shape index (κ1) is 14.5. The molecule has 0 fully saturated rings. The molecule has 1 aromatic carbocycles. The van der Waals surface area contributed by atoms with E-state index in [1.807, 2.05) is 13.0 Å². The van der Waals surface area contributed by atoms with Gasteiger partial charge in [-0.1, -0.05) is 24.9 Å². The Morgan fingerprint density at radius 1 is 1.61 bits per heavy atom. The number of rotatable bonds is 5. The van der Waals surface area contributed by atoms with E-state index >= 15 is 0 Å². The number of anilines is 1. The van der Waals surface area contributed by atoms with Crippen LogP contribution in [0.5, 0.6) is 0 Å². The third-order valence-corrected chi connectivity index (χ3v) is 2.98. The largest absolute Gasteiger partial charge is 0.330 e. The van der Waals surface area contributed by atoms with Crippen molar-refractivity contribution in [2.75, 3.05) is 11.9 Å². The van der Waals surface area contributed by atoms with E-state index in [0.717, 1.165) is 12.8 Å². The molecule has 96 valence electrons. The van der Waals surface area contributed by atoms with Gasteiger partial charge in [-0.3, -0.25) is 4.79 Å². The Balaban J connectivity index is 2.78. The van der Waals surface area contributed by atoms with Crippen LogP contribution >= 0.6 is 11.6 Å². The van der Waals surface area contributed by atoms with E-state index in [1.165, 1.54) is 0 Å². The molecule has 0 bridgehead atoms. The Kier molecular flexibility index (Phi) is 5.63. The van der Waals surface area contributed by atoms with Crippen molar-refractivity contribution in [3.63, 3.8) is 0 Å². The maximum atomic E-state index is 11.9. The molecule has 3 N–H and O–H groups in total. The van der Waals surface area contributed by atoms with Crippen molar-refractivity contribution in [2.24, 2.45) is 11.7 Å². The van der Waals surface area contributed by atoms with Crippen LogP contribution < -0.4 is 11.1 Å². The summed E-state index contributed by atoms with van der Waals surface area (Å²) < 4.78 is 0. The van der Waals surface area contributed by atoms with Crippen molar-refractivity contribution in [3.8, 4) is 6.07 Å². The summed E-state index contributed by atoms with van der Waals surface area (Å²) in [5.74, 6) is -0.318. The molecule has 0 heterocycles. The Morgan fingerprint density at radius 3 is 2.89 bits per heavy atom. The third-order valence-electron chi connectivity index (χ3n) is 2.65. The number of carbonyl (C=O) groups excluding carboxylic acids is 1. The zero-order valence-corrected chi connectivity index (χ0v) is 11.0. The zero-order valence-electron chi connectivity index (χ0n) is 10.2. The number of nitriles is 1. The number of halogens is 1. The van der Waals surface area contributed by atoms with Crippen LogP contribution in [0.25, 0.3) is 0 Å². The molecule has 0 aliphatic rings. The first-order valence-electron chi connectivity index (χ1n) is 5.83. The standard InChI is InChI=1S/C13H16ClN3O/c1-2-3-9(7-15)13(18)17-11-4-5-12(14)10(6-11)8-16/h4-6,9H,2-3,7,15H2,1H3,(H,17,18). The minimum absolute atomic E-state index is 0.120. The van der Waals surface area contributed by atoms with Gasteiger partial charge in [-0.25, -0.2) is 0 Å². The third kappa shape index (κ3) is 3.73. The summed E-state index contributed by atoms with van der Waals surface area (Å²) in [7, 11) is 0. The number of hydrogen-bond donors (Lipinski definition) is 2. The van der Waals surface area contributed by atoms with E-state index in [-0.39, 0.29) is 11.8 Å². The average Bonchev–Trinajstić information content (AvgIpc) is 2.38. The van der Waals surface area contributed by atoms with E-state index in [1.54, 1.807) is 18.2 Å². The molecule has 1 unspecified atom stereocenters. The number of hydrogen-bond acceptors (Lipinski definition) is 3. The van der Waals surface area contributed by atoms with Gasteiger partial charge in [0.2, 0.25) is 5.91 Å². The van der Waals surface area contributed by atoms with Crippen LogP contribution in [0.1, 0.15) is 25.3 Å². The lowest BCUT2D eigenvalue weighted by Crippen LogP contribution is -2.29. The summed E-state index contributed by atoms with van der Waals surface area (Å²) in [6.07, 6.45) is 1.65. The molecule has 0 spiro atoms. The van der Waals surface area contributed by atoms with E-state index in [2.05, 4.69) is 5.32 Å². The molecule has 1 aromatic rings. The first-order chi connectivity index (χ1) is 8.62. The first-order valence-corrected chi connectivity index (χ1v) is 6.20. The van der Waals surface area contributed by atoms with Gasteiger partial charge >= 0.3 is 0 Å². The van der Waals surface area contributed by atoms with Gasteiger partial charge in [-0.15, -0.1) is 0 Å². The minimum Gasteiger partial charge on any atom is -0.330 e. The lowest BCUT2D eigenvalue weighted by Gasteiger charge is -2.14. The summed E-state index contributed by atoms with van der Waals surface area (Å²) in [5.41, 5.74) is 6.47. The number of amides is 1. The van der Waals surface area contributed by atoms with Crippen LogP contribution in [0.3, 0.4) is 0 Å². The number of nitrogens with zero attached hydrogens (tertiary/aromatic N) is 1. The van der Waals surface area contributed by atoms with Crippen LogP contribution in [-0.2, 0) is 4.79 Å². The van der Waals surface area contributed by atoms with Crippen molar-refractivity contribution < 1.29 is 4.79 Å². The highest BCUT2D eigenvalue weighted by atomic mass is 35.5. The smallest absolute Gasteiger partial charge is 0.228 e. The lowest BCUT2D eigenvalue weighted by atomic mass is 10.0. The minimum atomic E-state index is -0.198. The fourth-order valence-corrected chi connectivity index (χ4v) is 1.80. The Labute approximate surface area is 112 Å². The highest BCUT2D eigenvalue weighted by molar-refractivity contribution is 6.31. The Morgan fingerprint density at radius 2 is 2.33 bits per heavy atom. The molecule has 1 amide bonds. The van der Waals surface area contributed by atoms with E-state index in [0.29, 0.717) is 22.8 Å². The molecule has 4 nitrogen and oxygen atoms in total. The van der Waals surface area contributed by atoms with Gasteiger partial charge in [0.1, 0.15) is 6.07 Å². The Bertz CT molecular complexity index is 468. The van der Waals surface area contributed by atoms with E-state index < -0.39 is 0 Å². The predicted molar refractivity (Wildman–Crippen MR) is 72.2 cm³/mol. The molecule has 0 saturated heterocycles. The normalized spacial score (nSPS) is 11.7. The molecular weight excluding hydrogens is 250 g/mol. The molecule has 1 atom stereocenters. The maximum Gasteiger partial charge on any atom is 0.228 e. The van der Waals surface area contributed by atoms with E-state index in [4.69, 9.17) is 22.6 Å². The molecule has 1 rings (SSSR count). The van der Waals surface area contributed by atoms with Crippen LogP contribution in [0, 0.1) is 17.2 Å². The predicted octanol–water partition coefficient (Wildman–Crippen LogP) is 2.53. The van der Waals surface area contributed by atoms with Crippen LogP contribution in [0.15, 0.2) is 18.2 Å². The number of benzene rings is 1. The van der Waals surface area contributed by atoms with Crippen molar-refractivity contribution in [1.29, 1.82) is 5.26 Å². The van der Waals surface area contributed by atoms with Gasteiger partial charge in [-0.05, 0) is 24.6 Å².